The van der Waals surface area contributed by atoms with Crippen LogP contribution in [0.15, 0.2) is 47.6 Å². The van der Waals surface area contributed by atoms with Crippen molar-refractivity contribution in [1.29, 1.82) is 0 Å². The van der Waals surface area contributed by atoms with Crippen LogP contribution < -0.4 is 5.43 Å². The third-order valence-corrected chi connectivity index (χ3v) is 4.87. The molecular weight excluding hydrogens is 432 g/mol. The first-order valence-electron chi connectivity index (χ1n) is 9.63. The highest BCUT2D eigenvalue weighted by atomic mass is 19.4. The number of hydrogen-bond acceptors (Lipinski definition) is 5. The van der Waals surface area contributed by atoms with Gasteiger partial charge >= 0.3 is 6.18 Å². The first kappa shape index (κ1) is 23.2. The molecule has 7 nitrogen and oxygen atoms in total. The summed E-state index contributed by atoms with van der Waals surface area (Å²) in [6.45, 7) is 1.43. The Morgan fingerprint density at radius 1 is 1.06 bits per heavy atom. The lowest BCUT2D eigenvalue weighted by atomic mass is 10.1. The van der Waals surface area contributed by atoms with Gasteiger partial charge in [0.25, 0.3) is 11.8 Å². The van der Waals surface area contributed by atoms with Crippen molar-refractivity contribution in [3.63, 3.8) is 0 Å². The predicted molar refractivity (Wildman–Crippen MR) is 108 cm³/mol. The van der Waals surface area contributed by atoms with E-state index in [9.17, 15) is 32.3 Å². The van der Waals surface area contributed by atoms with E-state index >= 15 is 0 Å². The Labute approximate surface area is 180 Å². The van der Waals surface area contributed by atoms with E-state index in [1.165, 1.54) is 11.0 Å². The summed E-state index contributed by atoms with van der Waals surface area (Å²) >= 11 is 0. The molecule has 1 heterocycles. The third-order valence-electron chi connectivity index (χ3n) is 4.87. The normalized spacial score (nSPS) is 15.2. The van der Waals surface area contributed by atoms with Crippen LogP contribution in [-0.4, -0.2) is 65.7 Å². The van der Waals surface area contributed by atoms with Gasteiger partial charge in [-0.1, -0.05) is 0 Å². The number of phenols is 1. The Hall–Kier alpha value is -3.47. The number of carbonyl (C=O) groups excluding carboxylic acids is 2. The summed E-state index contributed by atoms with van der Waals surface area (Å²) < 4.78 is 51.1. The number of rotatable bonds is 5. The maximum absolute atomic E-state index is 13.2. The first-order chi connectivity index (χ1) is 15.1. The Balaban J connectivity index is 1.46. The van der Waals surface area contributed by atoms with Crippen LogP contribution in [0.2, 0.25) is 0 Å². The molecule has 0 aliphatic carbocycles. The van der Waals surface area contributed by atoms with Crippen molar-refractivity contribution in [1.82, 2.24) is 15.2 Å². The largest absolute Gasteiger partial charge is 0.507 e. The van der Waals surface area contributed by atoms with Crippen LogP contribution in [0.4, 0.5) is 17.6 Å². The van der Waals surface area contributed by atoms with Crippen LogP contribution in [0.5, 0.6) is 5.75 Å². The number of hydrazone groups is 1. The summed E-state index contributed by atoms with van der Waals surface area (Å²) in [7, 11) is 0. The first-order valence-corrected chi connectivity index (χ1v) is 9.63. The molecule has 1 saturated heterocycles. The number of piperazine rings is 1. The van der Waals surface area contributed by atoms with E-state index in [0.717, 1.165) is 42.6 Å². The van der Waals surface area contributed by atoms with Gasteiger partial charge in [-0.05, 0) is 42.5 Å². The van der Waals surface area contributed by atoms with E-state index in [2.05, 4.69) is 10.5 Å². The van der Waals surface area contributed by atoms with Crippen molar-refractivity contribution in [3.05, 3.63) is 65.0 Å². The van der Waals surface area contributed by atoms with Gasteiger partial charge in [-0.25, -0.2) is 9.82 Å². The number of aromatic hydroxyl groups is 1. The number of carbonyl (C=O) groups is 2. The molecule has 32 heavy (non-hydrogen) atoms. The average molecular weight is 452 g/mol. The Bertz CT molecular complexity index is 1000. The Kier molecular flexibility index (Phi) is 7.08. The number of nitrogens with zero attached hydrogens (tertiary/aromatic N) is 3. The topological polar surface area (TPSA) is 85.2 Å². The Morgan fingerprint density at radius 2 is 1.72 bits per heavy atom. The van der Waals surface area contributed by atoms with Crippen LogP contribution in [0.1, 0.15) is 21.5 Å². The van der Waals surface area contributed by atoms with Crippen molar-refractivity contribution in [2.75, 3.05) is 32.7 Å². The van der Waals surface area contributed by atoms with Gasteiger partial charge in [0, 0.05) is 37.3 Å². The lowest BCUT2D eigenvalue weighted by molar-refractivity contribution is -0.137. The Morgan fingerprint density at radius 3 is 2.34 bits per heavy atom. The molecule has 11 heteroatoms. The smallest absolute Gasteiger partial charge is 0.416 e. The summed E-state index contributed by atoms with van der Waals surface area (Å²) in [6.07, 6.45) is -3.34. The van der Waals surface area contributed by atoms with E-state index in [1.54, 1.807) is 4.90 Å². The van der Waals surface area contributed by atoms with Crippen molar-refractivity contribution >= 4 is 18.0 Å². The van der Waals surface area contributed by atoms with Gasteiger partial charge in [0.05, 0.1) is 18.3 Å². The van der Waals surface area contributed by atoms with E-state index in [0.29, 0.717) is 26.2 Å². The third kappa shape index (κ3) is 6.03. The van der Waals surface area contributed by atoms with Gasteiger partial charge < -0.3 is 10.0 Å². The molecule has 0 aromatic heterocycles. The number of nitrogens with one attached hydrogen (secondary N) is 1. The fraction of sp³-hybridized carbons (Fsp3) is 0.286. The van der Waals surface area contributed by atoms with Gasteiger partial charge in [-0.15, -0.1) is 0 Å². The fourth-order valence-corrected chi connectivity index (χ4v) is 3.13. The standard InChI is InChI=1S/C21H20F4N4O3/c22-17-5-6-18(30)15(11-17)12-26-27-19(31)13-28-7-9-29(10-8-28)20(32)14-1-3-16(4-2-14)21(23,24)25/h1-6,11-12,30H,7-10,13H2,(H,27,31)/b26-12+. The molecule has 0 radical (unpaired) electrons. The second-order valence-corrected chi connectivity index (χ2v) is 7.14. The molecular formula is C21H20F4N4O3. The van der Waals surface area contributed by atoms with Crippen LogP contribution in [0, 0.1) is 5.82 Å². The predicted octanol–water partition coefficient (Wildman–Crippen LogP) is 2.46. The quantitative estimate of drug-likeness (QED) is 0.415. The van der Waals surface area contributed by atoms with Crippen molar-refractivity contribution in [3.8, 4) is 5.75 Å². The van der Waals surface area contributed by atoms with Gasteiger partial charge in [0.2, 0.25) is 0 Å². The molecule has 1 aliphatic heterocycles. The van der Waals surface area contributed by atoms with Gasteiger partial charge in [-0.3, -0.25) is 14.5 Å². The molecule has 2 N–H and O–H groups in total. The van der Waals surface area contributed by atoms with Crippen LogP contribution in [0.25, 0.3) is 0 Å². The number of alkyl halides is 3. The van der Waals surface area contributed by atoms with E-state index in [4.69, 9.17) is 0 Å². The minimum absolute atomic E-state index is 0.00871. The summed E-state index contributed by atoms with van der Waals surface area (Å²) in [6, 6.07) is 7.38. The highest BCUT2D eigenvalue weighted by molar-refractivity contribution is 5.94. The number of benzene rings is 2. The van der Waals surface area contributed by atoms with Gasteiger partial charge in [0.1, 0.15) is 11.6 Å². The molecule has 170 valence electrons. The zero-order valence-corrected chi connectivity index (χ0v) is 16.8. The SMILES string of the molecule is O=C(CN1CCN(C(=O)c2ccc(C(F)(F)F)cc2)CC1)N/N=C/c1cc(F)ccc1O. The zero-order valence-electron chi connectivity index (χ0n) is 16.8. The summed E-state index contributed by atoms with van der Waals surface area (Å²) in [4.78, 5) is 27.8. The number of phenolic OH excluding ortho intramolecular Hbond substituents is 1. The minimum atomic E-state index is -4.46. The second kappa shape index (κ2) is 9.77. The summed E-state index contributed by atoms with van der Waals surface area (Å²) in [5, 5.41) is 13.3. The monoisotopic (exact) mass is 452 g/mol. The number of amides is 2. The van der Waals surface area contributed by atoms with Crippen molar-refractivity contribution in [2.45, 2.75) is 6.18 Å². The van der Waals surface area contributed by atoms with Crippen LogP contribution in [0.3, 0.4) is 0 Å². The van der Waals surface area contributed by atoms with Gasteiger partial charge in [-0.2, -0.15) is 18.3 Å². The summed E-state index contributed by atoms with van der Waals surface area (Å²) in [5.41, 5.74) is 1.74. The lowest BCUT2D eigenvalue weighted by Gasteiger charge is -2.34. The maximum Gasteiger partial charge on any atom is 0.416 e. The highest BCUT2D eigenvalue weighted by Crippen LogP contribution is 2.29. The molecule has 0 atom stereocenters. The molecule has 0 bridgehead atoms. The molecule has 2 aromatic rings. The zero-order chi connectivity index (χ0) is 23.3. The van der Waals surface area contributed by atoms with E-state index < -0.39 is 23.5 Å². The fourth-order valence-electron chi connectivity index (χ4n) is 3.13. The molecule has 0 saturated carbocycles. The average Bonchev–Trinajstić information content (AvgIpc) is 2.75. The van der Waals surface area contributed by atoms with Gasteiger partial charge in [0.15, 0.2) is 0 Å². The molecule has 0 unspecified atom stereocenters. The maximum atomic E-state index is 13.2. The highest BCUT2D eigenvalue weighted by Gasteiger charge is 2.30. The molecule has 3 rings (SSSR count). The molecule has 0 spiro atoms. The lowest BCUT2D eigenvalue weighted by Crippen LogP contribution is -2.50. The number of halogens is 4. The minimum Gasteiger partial charge on any atom is -0.507 e. The van der Waals surface area contributed by atoms with Crippen LogP contribution >= 0.6 is 0 Å². The number of hydrogen-bond donors (Lipinski definition) is 2. The molecule has 2 aromatic carbocycles. The molecule has 1 fully saturated rings. The van der Waals surface area contributed by atoms with Crippen molar-refractivity contribution < 1.29 is 32.3 Å². The molecule has 1 aliphatic rings. The molecule has 2 amide bonds. The second-order valence-electron chi connectivity index (χ2n) is 7.14. The van der Waals surface area contributed by atoms with Crippen LogP contribution in [-0.2, 0) is 11.0 Å². The van der Waals surface area contributed by atoms with Crippen molar-refractivity contribution in [2.24, 2.45) is 5.10 Å². The summed E-state index contributed by atoms with van der Waals surface area (Å²) in [5.74, 6) is -1.54. The van der Waals surface area contributed by atoms with E-state index in [1.807, 2.05) is 0 Å². The van der Waals surface area contributed by atoms with E-state index in [-0.39, 0.29) is 29.3 Å².